The zero-order chi connectivity index (χ0) is 17.9. The molecule has 2 rings (SSSR count). The van der Waals surface area contributed by atoms with Crippen molar-refractivity contribution in [3.8, 4) is 0 Å². The van der Waals surface area contributed by atoms with E-state index in [0.717, 1.165) is 36.5 Å². The Balaban J connectivity index is 1.57. The van der Waals surface area contributed by atoms with Crippen LogP contribution in [0, 0.1) is 23.7 Å². The normalized spacial score (nSPS) is 27.9. The number of unbranched alkanes of at least 4 members (excludes halogenated alkanes) is 6. The van der Waals surface area contributed by atoms with Gasteiger partial charge in [-0.2, -0.15) is 11.8 Å². The van der Waals surface area contributed by atoms with Gasteiger partial charge in [-0.05, 0) is 80.1 Å². The molecule has 2 aliphatic rings. The van der Waals surface area contributed by atoms with Crippen LogP contribution in [-0.2, 0) is 4.79 Å². The summed E-state index contributed by atoms with van der Waals surface area (Å²) in [6.45, 7) is 2.29. The molecule has 1 N–H and O–H groups in total. The van der Waals surface area contributed by atoms with E-state index in [1.54, 1.807) is 0 Å². The molecule has 2 nitrogen and oxygen atoms in total. The molecule has 2 saturated carbocycles. The van der Waals surface area contributed by atoms with Crippen LogP contribution in [0.1, 0.15) is 96.8 Å². The van der Waals surface area contributed by atoms with Gasteiger partial charge >= 0.3 is 5.97 Å². The fraction of sp³-hybridized carbons (Fsp3) is 0.955. The molecule has 0 aliphatic heterocycles. The third-order valence-corrected chi connectivity index (χ3v) is 7.79. The van der Waals surface area contributed by atoms with Crippen molar-refractivity contribution >= 4 is 17.7 Å². The smallest absolute Gasteiger partial charge is 0.303 e. The molecule has 0 aromatic rings. The number of hydrogen-bond acceptors (Lipinski definition) is 2. The third kappa shape index (κ3) is 7.53. The van der Waals surface area contributed by atoms with Crippen LogP contribution in [0.25, 0.3) is 0 Å². The molecule has 0 aromatic carbocycles. The van der Waals surface area contributed by atoms with Gasteiger partial charge in [0.05, 0.1) is 0 Å². The Morgan fingerprint density at radius 2 is 1.56 bits per heavy atom. The van der Waals surface area contributed by atoms with Crippen molar-refractivity contribution in [2.24, 2.45) is 23.7 Å². The zero-order valence-electron chi connectivity index (χ0n) is 16.4. The van der Waals surface area contributed by atoms with Crippen molar-refractivity contribution in [3.63, 3.8) is 0 Å². The lowest BCUT2D eigenvalue weighted by Crippen LogP contribution is -2.23. The molecule has 0 heterocycles. The van der Waals surface area contributed by atoms with Crippen LogP contribution in [0.5, 0.6) is 0 Å². The molecule has 2 bridgehead atoms. The Morgan fingerprint density at radius 1 is 0.880 bits per heavy atom. The van der Waals surface area contributed by atoms with E-state index >= 15 is 0 Å². The quantitative estimate of drug-likeness (QED) is 0.324. The summed E-state index contributed by atoms with van der Waals surface area (Å²) in [5, 5.41) is 8.71. The molecule has 0 amide bonds. The van der Waals surface area contributed by atoms with Gasteiger partial charge in [0.1, 0.15) is 0 Å². The second-order valence-electron chi connectivity index (χ2n) is 8.47. The standard InChI is InChI=1S/C22H40O2S/c1-2-3-4-9-15-25-16-14-21-19-13-12-18(17-19)20(21)10-7-5-6-8-11-22(23)24/h18-21H,2-17H2,1H3,(H,23,24). The van der Waals surface area contributed by atoms with E-state index in [4.69, 9.17) is 5.11 Å². The summed E-state index contributed by atoms with van der Waals surface area (Å²) >= 11 is 2.20. The van der Waals surface area contributed by atoms with Gasteiger partial charge in [-0.25, -0.2) is 0 Å². The summed E-state index contributed by atoms with van der Waals surface area (Å²) in [6.07, 6.45) is 17.9. The van der Waals surface area contributed by atoms with Crippen molar-refractivity contribution in [3.05, 3.63) is 0 Å². The highest BCUT2D eigenvalue weighted by atomic mass is 32.2. The van der Waals surface area contributed by atoms with Gasteiger partial charge in [-0.3, -0.25) is 4.79 Å². The van der Waals surface area contributed by atoms with E-state index in [1.807, 2.05) is 0 Å². The number of carboxylic acid groups (broad SMARTS) is 1. The van der Waals surface area contributed by atoms with Crippen molar-refractivity contribution in [2.75, 3.05) is 11.5 Å². The molecule has 0 aromatic heterocycles. The lowest BCUT2D eigenvalue weighted by Gasteiger charge is -2.31. The monoisotopic (exact) mass is 368 g/mol. The van der Waals surface area contributed by atoms with E-state index < -0.39 is 5.97 Å². The van der Waals surface area contributed by atoms with Crippen LogP contribution in [0.2, 0.25) is 0 Å². The minimum Gasteiger partial charge on any atom is -0.481 e. The maximum Gasteiger partial charge on any atom is 0.303 e. The summed E-state index contributed by atoms with van der Waals surface area (Å²) in [7, 11) is 0. The van der Waals surface area contributed by atoms with Crippen LogP contribution in [-0.4, -0.2) is 22.6 Å². The number of rotatable bonds is 15. The summed E-state index contributed by atoms with van der Waals surface area (Å²) in [6, 6.07) is 0. The first-order valence-electron chi connectivity index (χ1n) is 11.0. The van der Waals surface area contributed by atoms with E-state index in [-0.39, 0.29) is 0 Å². The molecule has 3 heteroatoms. The van der Waals surface area contributed by atoms with Crippen LogP contribution in [0.3, 0.4) is 0 Å². The number of carboxylic acids is 1. The molecule has 4 atom stereocenters. The molecule has 0 spiro atoms. The first kappa shape index (κ1) is 21.1. The first-order chi connectivity index (χ1) is 12.2. The highest BCUT2D eigenvalue weighted by Crippen LogP contribution is 2.55. The van der Waals surface area contributed by atoms with Crippen molar-refractivity contribution < 1.29 is 9.90 Å². The highest BCUT2D eigenvalue weighted by molar-refractivity contribution is 7.99. The van der Waals surface area contributed by atoms with E-state index in [9.17, 15) is 4.79 Å². The van der Waals surface area contributed by atoms with Crippen LogP contribution in [0.15, 0.2) is 0 Å². The Bertz CT molecular complexity index is 371. The molecular weight excluding hydrogens is 328 g/mol. The number of hydrogen-bond donors (Lipinski definition) is 1. The second kappa shape index (κ2) is 12.3. The maximum atomic E-state index is 10.6. The number of fused-ring (bicyclic) bond motifs is 2. The molecule has 2 fully saturated rings. The molecular formula is C22H40O2S. The van der Waals surface area contributed by atoms with Crippen molar-refractivity contribution in [2.45, 2.75) is 96.8 Å². The lowest BCUT2D eigenvalue weighted by molar-refractivity contribution is -0.137. The molecule has 25 heavy (non-hydrogen) atoms. The number of thioether (sulfide) groups is 1. The van der Waals surface area contributed by atoms with E-state index in [0.29, 0.717) is 6.42 Å². The molecule has 4 unspecified atom stereocenters. The SMILES string of the molecule is CCCCCCSCCC1C2CCC(C2)C1CCCCCCC(=O)O. The van der Waals surface area contributed by atoms with Crippen LogP contribution in [0.4, 0.5) is 0 Å². The fourth-order valence-electron chi connectivity index (χ4n) is 5.39. The summed E-state index contributed by atoms with van der Waals surface area (Å²) in [5.41, 5.74) is 0. The van der Waals surface area contributed by atoms with Crippen LogP contribution >= 0.6 is 11.8 Å². The van der Waals surface area contributed by atoms with Crippen molar-refractivity contribution in [1.29, 1.82) is 0 Å². The number of carbonyl (C=O) groups is 1. The Hall–Kier alpha value is -0.180. The maximum absolute atomic E-state index is 10.6. The van der Waals surface area contributed by atoms with Gasteiger partial charge in [0.2, 0.25) is 0 Å². The zero-order valence-corrected chi connectivity index (χ0v) is 17.2. The van der Waals surface area contributed by atoms with Gasteiger partial charge in [-0.15, -0.1) is 0 Å². The summed E-state index contributed by atoms with van der Waals surface area (Å²) in [5.74, 6) is 6.20. The Kier molecular flexibility index (Phi) is 10.4. The van der Waals surface area contributed by atoms with Gasteiger partial charge in [0.15, 0.2) is 0 Å². The Labute approximate surface area is 159 Å². The minimum absolute atomic E-state index is 0.353. The largest absolute Gasteiger partial charge is 0.481 e. The predicted octanol–water partition coefficient (Wildman–Crippen LogP) is 6.78. The topological polar surface area (TPSA) is 37.3 Å². The lowest BCUT2D eigenvalue weighted by atomic mass is 9.75. The predicted molar refractivity (Wildman–Crippen MR) is 109 cm³/mol. The molecule has 146 valence electrons. The summed E-state index contributed by atoms with van der Waals surface area (Å²) in [4.78, 5) is 10.6. The van der Waals surface area contributed by atoms with Crippen molar-refractivity contribution in [1.82, 2.24) is 0 Å². The average Bonchev–Trinajstić information content (AvgIpc) is 3.19. The van der Waals surface area contributed by atoms with Gasteiger partial charge in [-0.1, -0.05) is 45.4 Å². The third-order valence-electron chi connectivity index (χ3n) is 6.69. The van der Waals surface area contributed by atoms with Gasteiger partial charge < -0.3 is 5.11 Å². The number of aliphatic carboxylic acids is 1. The van der Waals surface area contributed by atoms with Crippen LogP contribution < -0.4 is 0 Å². The van der Waals surface area contributed by atoms with Gasteiger partial charge in [0.25, 0.3) is 0 Å². The first-order valence-corrected chi connectivity index (χ1v) is 12.2. The molecule has 0 radical (unpaired) electrons. The molecule has 2 aliphatic carbocycles. The minimum atomic E-state index is -0.639. The average molecular weight is 369 g/mol. The summed E-state index contributed by atoms with van der Waals surface area (Å²) < 4.78 is 0. The molecule has 0 saturated heterocycles. The van der Waals surface area contributed by atoms with E-state index in [1.165, 1.54) is 82.1 Å². The van der Waals surface area contributed by atoms with E-state index in [2.05, 4.69) is 18.7 Å². The Morgan fingerprint density at radius 3 is 2.28 bits per heavy atom. The highest BCUT2D eigenvalue weighted by Gasteiger charge is 2.46. The van der Waals surface area contributed by atoms with Gasteiger partial charge in [0, 0.05) is 6.42 Å². The fourth-order valence-corrected chi connectivity index (χ4v) is 6.44. The second-order valence-corrected chi connectivity index (χ2v) is 9.69.